The van der Waals surface area contributed by atoms with Crippen LogP contribution in [0.2, 0.25) is 0 Å². The molecule has 0 aliphatic carbocycles. The van der Waals surface area contributed by atoms with Gasteiger partial charge in [0, 0.05) is 26.1 Å². The predicted molar refractivity (Wildman–Crippen MR) is 68.0 cm³/mol. The Bertz CT molecular complexity index is 336. The maximum absolute atomic E-state index is 11.8. The first-order valence-corrected chi connectivity index (χ1v) is 6.34. The van der Waals surface area contributed by atoms with E-state index in [1.165, 1.54) is 0 Å². The van der Waals surface area contributed by atoms with Gasteiger partial charge in [0.05, 0.1) is 5.92 Å². The van der Waals surface area contributed by atoms with Crippen LogP contribution in [-0.4, -0.2) is 41.6 Å². The van der Waals surface area contributed by atoms with E-state index in [1.807, 2.05) is 0 Å². The van der Waals surface area contributed by atoms with Crippen LogP contribution in [0.5, 0.6) is 0 Å². The smallest absolute Gasteiger partial charge is 0.317 e. The monoisotopic (exact) mass is 252 g/mol. The quantitative estimate of drug-likeness (QED) is 0.572. The van der Waals surface area contributed by atoms with E-state index >= 15 is 0 Å². The summed E-state index contributed by atoms with van der Waals surface area (Å²) in [5.41, 5.74) is 0. The second kappa shape index (κ2) is 7.59. The van der Waals surface area contributed by atoms with Crippen molar-refractivity contribution < 1.29 is 14.7 Å². The first kappa shape index (κ1) is 14.4. The van der Waals surface area contributed by atoms with Gasteiger partial charge in [0.2, 0.25) is 0 Å². The molecule has 5 nitrogen and oxygen atoms in total. The van der Waals surface area contributed by atoms with Crippen molar-refractivity contribution in [3.8, 4) is 12.3 Å². The summed E-state index contributed by atoms with van der Waals surface area (Å²) >= 11 is 0. The number of rotatable bonds is 5. The molecule has 1 rings (SSSR count). The first-order chi connectivity index (χ1) is 8.65. The summed E-state index contributed by atoms with van der Waals surface area (Å²) in [6.45, 7) is 1.54. The van der Waals surface area contributed by atoms with Crippen molar-refractivity contribution in [1.29, 1.82) is 0 Å². The SMILES string of the molecule is C#CCCCCNC(=O)N1CCCC(C(=O)O)C1. The molecule has 0 aromatic rings. The van der Waals surface area contributed by atoms with E-state index in [4.69, 9.17) is 11.5 Å². The predicted octanol–water partition coefficient (Wildman–Crippen LogP) is 1.30. The molecular weight excluding hydrogens is 232 g/mol. The molecule has 2 amide bonds. The zero-order valence-electron chi connectivity index (χ0n) is 10.5. The molecule has 0 aromatic carbocycles. The van der Waals surface area contributed by atoms with Gasteiger partial charge in [0.1, 0.15) is 0 Å². The number of terminal acetylenes is 1. The highest BCUT2D eigenvalue weighted by Gasteiger charge is 2.27. The fourth-order valence-corrected chi connectivity index (χ4v) is 2.02. The van der Waals surface area contributed by atoms with Crippen LogP contribution in [0.15, 0.2) is 0 Å². The normalized spacial score (nSPS) is 19.1. The third-order valence-electron chi connectivity index (χ3n) is 3.08. The molecular formula is C13H20N2O3. The molecule has 1 unspecified atom stereocenters. The summed E-state index contributed by atoms with van der Waals surface area (Å²) in [6, 6.07) is -0.165. The molecule has 18 heavy (non-hydrogen) atoms. The minimum Gasteiger partial charge on any atom is -0.481 e. The van der Waals surface area contributed by atoms with Crippen molar-refractivity contribution in [2.45, 2.75) is 32.1 Å². The van der Waals surface area contributed by atoms with Crippen LogP contribution >= 0.6 is 0 Å². The zero-order chi connectivity index (χ0) is 13.4. The van der Waals surface area contributed by atoms with Crippen LogP contribution in [-0.2, 0) is 4.79 Å². The van der Waals surface area contributed by atoms with Crippen molar-refractivity contribution >= 4 is 12.0 Å². The fraction of sp³-hybridized carbons (Fsp3) is 0.692. The second-order valence-electron chi connectivity index (χ2n) is 4.52. The summed E-state index contributed by atoms with van der Waals surface area (Å²) in [4.78, 5) is 24.2. The van der Waals surface area contributed by atoms with E-state index < -0.39 is 11.9 Å². The van der Waals surface area contributed by atoms with Crippen LogP contribution in [0.3, 0.4) is 0 Å². The third-order valence-corrected chi connectivity index (χ3v) is 3.08. The Morgan fingerprint density at radius 2 is 2.22 bits per heavy atom. The lowest BCUT2D eigenvalue weighted by Gasteiger charge is -2.30. The molecule has 0 radical (unpaired) electrons. The second-order valence-corrected chi connectivity index (χ2v) is 4.52. The Morgan fingerprint density at radius 3 is 2.89 bits per heavy atom. The van der Waals surface area contributed by atoms with Crippen molar-refractivity contribution in [2.75, 3.05) is 19.6 Å². The lowest BCUT2D eigenvalue weighted by atomic mass is 9.99. The molecule has 1 aliphatic heterocycles. The number of carbonyl (C=O) groups is 2. The summed E-state index contributed by atoms with van der Waals surface area (Å²) in [5.74, 6) is 1.31. The highest BCUT2D eigenvalue weighted by Crippen LogP contribution is 2.16. The number of unbranched alkanes of at least 4 members (excludes halogenated alkanes) is 2. The topological polar surface area (TPSA) is 69.6 Å². The Kier molecular flexibility index (Phi) is 6.06. The Labute approximate surface area is 108 Å². The average Bonchev–Trinajstić information content (AvgIpc) is 2.38. The van der Waals surface area contributed by atoms with Gasteiger partial charge in [-0.1, -0.05) is 0 Å². The number of aliphatic carboxylic acids is 1. The van der Waals surface area contributed by atoms with Crippen LogP contribution in [0.1, 0.15) is 32.1 Å². The van der Waals surface area contributed by atoms with Crippen molar-refractivity contribution in [2.24, 2.45) is 5.92 Å². The number of carboxylic acid groups (broad SMARTS) is 1. The van der Waals surface area contributed by atoms with E-state index in [0.29, 0.717) is 26.1 Å². The van der Waals surface area contributed by atoms with E-state index in [0.717, 1.165) is 25.7 Å². The highest BCUT2D eigenvalue weighted by atomic mass is 16.4. The number of nitrogens with zero attached hydrogens (tertiary/aromatic N) is 1. The van der Waals surface area contributed by atoms with Crippen molar-refractivity contribution in [1.82, 2.24) is 10.2 Å². The molecule has 1 fully saturated rings. The number of carbonyl (C=O) groups excluding carboxylic acids is 1. The van der Waals surface area contributed by atoms with E-state index in [2.05, 4.69) is 11.2 Å². The van der Waals surface area contributed by atoms with Gasteiger partial charge >= 0.3 is 12.0 Å². The molecule has 2 N–H and O–H groups in total. The Hall–Kier alpha value is -1.70. The minimum absolute atomic E-state index is 0.165. The van der Waals surface area contributed by atoms with Crippen LogP contribution in [0.4, 0.5) is 4.79 Å². The number of urea groups is 1. The van der Waals surface area contributed by atoms with Gasteiger partial charge < -0.3 is 15.3 Å². The molecule has 100 valence electrons. The molecule has 0 saturated carbocycles. The zero-order valence-corrected chi connectivity index (χ0v) is 10.5. The van der Waals surface area contributed by atoms with Crippen LogP contribution < -0.4 is 5.32 Å². The van der Waals surface area contributed by atoms with Crippen molar-refractivity contribution in [3.05, 3.63) is 0 Å². The number of hydrogen-bond donors (Lipinski definition) is 2. The van der Waals surface area contributed by atoms with Gasteiger partial charge in [-0.25, -0.2) is 4.79 Å². The summed E-state index contributed by atoms with van der Waals surface area (Å²) < 4.78 is 0. The minimum atomic E-state index is -0.818. The first-order valence-electron chi connectivity index (χ1n) is 6.34. The van der Waals surface area contributed by atoms with Crippen LogP contribution in [0, 0.1) is 18.3 Å². The fourth-order valence-electron chi connectivity index (χ4n) is 2.02. The van der Waals surface area contributed by atoms with E-state index in [-0.39, 0.29) is 6.03 Å². The number of carboxylic acids is 1. The van der Waals surface area contributed by atoms with Gasteiger partial charge in [-0.2, -0.15) is 0 Å². The number of hydrogen-bond acceptors (Lipinski definition) is 2. The van der Waals surface area contributed by atoms with Gasteiger partial charge in [-0.3, -0.25) is 4.79 Å². The Morgan fingerprint density at radius 1 is 1.44 bits per heavy atom. The lowest BCUT2D eigenvalue weighted by molar-refractivity contribution is -0.143. The third kappa shape index (κ3) is 4.66. The van der Waals surface area contributed by atoms with Gasteiger partial charge in [-0.05, 0) is 25.7 Å². The standard InChI is InChI=1S/C13H20N2O3/c1-2-3-4-5-8-14-13(18)15-9-6-7-11(10-15)12(16)17/h1,11H,3-10H2,(H,14,18)(H,16,17). The van der Waals surface area contributed by atoms with Gasteiger partial charge in [0.15, 0.2) is 0 Å². The van der Waals surface area contributed by atoms with Gasteiger partial charge in [0.25, 0.3) is 0 Å². The molecule has 1 heterocycles. The molecule has 1 atom stereocenters. The molecule has 5 heteroatoms. The molecule has 0 spiro atoms. The van der Waals surface area contributed by atoms with Crippen LogP contribution in [0.25, 0.3) is 0 Å². The molecule has 0 bridgehead atoms. The molecule has 0 aromatic heterocycles. The largest absolute Gasteiger partial charge is 0.481 e. The number of likely N-dealkylation sites (tertiary alicyclic amines) is 1. The summed E-state index contributed by atoms with van der Waals surface area (Å²) in [7, 11) is 0. The number of piperidine rings is 1. The Balaban J connectivity index is 2.24. The van der Waals surface area contributed by atoms with Gasteiger partial charge in [-0.15, -0.1) is 12.3 Å². The van der Waals surface area contributed by atoms with Crippen molar-refractivity contribution in [3.63, 3.8) is 0 Å². The number of nitrogens with one attached hydrogen (secondary N) is 1. The van der Waals surface area contributed by atoms with E-state index in [9.17, 15) is 9.59 Å². The summed E-state index contributed by atoms with van der Waals surface area (Å²) in [5, 5.41) is 11.7. The maximum Gasteiger partial charge on any atom is 0.317 e. The van der Waals surface area contributed by atoms with E-state index in [1.54, 1.807) is 4.90 Å². The molecule has 1 saturated heterocycles. The maximum atomic E-state index is 11.8. The highest BCUT2D eigenvalue weighted by molar-refractivity contribution is 5.76. The average molecular weight is 252 g/mol. The number of amides is 2. The molecule has 1 aliphatic rings. The lowest BCUT2D eigenvalue weighted by Crippen LogP contribution is -2.47. The summed E-state index contributed by atoms with van der Waals surface area (Å²) in [6.07, 6.45) is 9.01.